The molecule has 0 atom stereocenters. The fourth-order valence-electron chi connectivity index (χ4n) is 2.99. The summed E-state index contributed by atoms with van der Waals surface area (Å²) in [4.78, 5) is 24.3. The second kappa shape index (κ2) is 12.6. The van der Waals surface area contributed by atoms with Crippen LogP contribution in [-0.4, -0.2) is 53.3 Å². The first kappa shape index (κ1) is 25.1. The van der Waals surface area contributed by atoms with E-state index in [1.807, 2.05) is 37.9 Å². The highest BCUT2D eigenvalue weighted by Crippen LogP contribution is 2.18. The Kier molecular flexibility index (Phi) is 9.87. The quantitative estimate of drug-likeness (QED) is 0.402. The fourth-order valence-corrected chi connectivity index (χ4v) is 2.99. The van der Waals surface area contributed by atoms with Crippen LogP contribution in [-0.2, 0) is 11.2 Å². The summed E-state index contributed by atoms with van der Waals surface area (Å²) in [5.74, 6) is 0.268. The van der Waals surface area contributed by atoms with Crippen LogP contribution in [0.1, 0.15) is 39.3 Å². The molecule has 0 saturated carbocycles. The van der Waals surface area contributed by atoms with Crippen molar-refractivity contribution in [3.8, 4) is 0 Å². The molecule has 0 spiro atoms. The predicted molar refractivity (Wildman–Crippen MR) is 127 cm³/mol. The topological polar surface area (TPSA) is 115 Å². The van der Waals surface area contributed by atoms with Crippen molar-refractivity contribution in [1.29, 1.82) is 0 Å². The second-order valence-electron chi connectivity index (χ2n) is 7.94. The number of carbonyl (C=O) groups is 1. The summed E-state index contributed by atoms with van der Waals surface area (Å²) in [6.07, 6.45) is 8.46. The zero-order valence-electron chi connectivity index (χ0n) is 19.2. The van der Waals surface area contributed by atoms with Crippen LogP contribution in [0.3, 0.4) is 0 Å². The molecular formula is C23H34N6O3. The number of alkyl carbamates (subject to hydrolysis) is 1. The molecule has 3 N–H and O–H groups in total. The lowest BCUT2D eigenvalue weighted by Gasteiger charge is -2.16. The summed E-state index contributed by atoms with van der Waals surface area (Å²) in [5, 5.41) is 13.4. The maximum atomic E-state index is 12.4. The van der Waals surface area contributed by atoms with E-state index in [1.165, 1.54) is 10.7 Å². The normalized spacial score (nSPS) is 13.7. The summed E-state index contributed by atoms with van der Waals surface area (Å²) < 4.78 is 6.71. The molecule has 1 aliphatic carbocycles. The minimum atomic E-state index is -0.478. The zero-order valence-corrected chi connectivity index (χ0v) is 19.2. The molecule has 1 amide bonds. The van der Waals surface area contributed by atoms with E-state index in [0.29, 0.717) is 43.2 Å². The molecule has 0 bridgehead atoms. The molecule has 0 fully saturated rings. The highest BCUT2D eigenvalue weighted by atomic mass is 16.5. The SMILES string of the molecule is C=C(C=NN(CC)CCN)n1ccc(=O)c(CC2=CC(NC(=O)OCC(C)C)=CCC2)n1. The van der Waals surface area contributed by atoms with Gasteiger partial charge in [-0.3, -0.25) is 15.1 Å². The number of carbonyl (C=O) groups excluding carboxylic acids is 1. The van der Waals surface area contributed by atoms with Crippen LogP contribution in [0.5, 0.6) is 0 Å². The third-order valence-electron chi connectivity index (χ3n) is 4.67. The number of hydrogen-bond donors (Lipinski definition) is 2. The summed E-state index contributed by atoms with van der Waals surface area (Å²) in [5.41, 5.74) is 8.06. The Labute approximate surface area is 189 Å². The van der Waals surface area contributed by atoms with Gasteiger partial charge in [0, 0.05) is 44.0 Å². The van der Waals surface area contributed by atoms with Crippen LogP contribution in [0.25, 0.3) is 5.70 Å². The van der Waals surface area contributed by atoms with E-state index in [9.17, 15) is 9.59 Å². The van der Waals surface area contributed by atoms with E-state index in [2.05, 4.69) is 22.1 Å². The summed E-state index contributed by atoms with van der Waals surface area (Å²) in [6, 6.07) is 1.47. The Morgan fingerprint density at radius 2 is 2.28 bits per heavy atom. The van der Waals surface area contributed by atoms with Crippen LogP contribution in [0.4, 0.5) is 4.79 Å². The number of nitrogens with one attached hydrogen (secondary N) is 1. The van der Waals surface area contributed by atoms with Gasteiger partial charge in [0.25, 0.3) is 0 Å². The fraction of sp³-hybridized carbons (Fsp3) is 0.478. The first-order valence-electron chi connectivity index (χ1n) is 10.9. The van der Waals surface area contributed by atoms with Gasteiger partial charge in [-0.05, 0) is 31.8 Å². The third kappa shape index (κ3) is 8.14. The summed E-state index contributed by atoms with van der Waals surface area (Å²) in [6.45, 7) is 12.2. The van der Waals surface area contributed by atoms with Crippen molar-refractivity contribution in [2.45, 2.75) is 40.0 Å². The number of allylic oxidation sites excluding steroid dienone is 4. The predicted octanol–water partition coefficient (Wildman–Crippen LogP) is 2.51. The van der Waals surface area contributed by atoms with Gasteiger partial charge < -0.3 is 10.5 Å². The highest BCUT2D eigenvalue weighted by molar-refractivity contribution is 6.00. The summed E-state index contributed by atoms with van der Waals surface area (Å²) >= 11 is 0. The van der Waals surface area contributed by atoms with Gasteiger partial charge in [0.1, 0.15) is 5.69 Å². The Morgan fingerprint density at radius 3 is 2.97 bits per heavy atom. The first-order chi connectivity index (χ1) is 15.3. The number of nitrogens with zero attached hydrogens (tertiary/aromatic N) is 4. The minimum Gasteiger partial charge on any atom is -0.449 e. The molecule has 0 unspecified atom stereocenters. The van der Waals surface area contributed by atoms with E-state index in [-0.39, 0.29) is 11.3 Å². The van der Waals surface area contributed by atoms with Crippen molar-refractivity contribution < 1.29 is 9.53 Å². The molecule has 174 valence electrons. The van der Waals surface area contributed by atoms with Crippen molar-refractivity contribution in [2.24, 2.45) is 16.8 Å². The van der Waals surface area contributed by atoms with Crippen LogP contribution in [0, 0.1) is 5.92 Å². The van der Waals surface area contributed by atoms with Gasteiger partial charge in [0.15, 0.2) is 0 Å². The maximum absolute atomic E-state index is 12.4. The second-order valence-corrected chi connectivity index (χ2v) is 7.94. The van der Waals surface area contributed by atoms with Crippen molar-refractivity contribution in [3.05, 3.63) is 58.2 Å². The van der Waals surface area contributed by atoms with Crippen molar-refractivity contribution in [1.82, 2.24) is 20.1 Å². The molecule has 32 heavy (non-hydrogen) atoms. The van der Waals surface area contributed by atoms with Crippen molar-refractivity contribution in [3.63, 3.8) is 0 Å². The van der Waals surface area contributed by atoms with Crippen molar-refractivity contribution >= 4 is 18.0 Å². The average molecular weight is 443 g/mol. The average Bonchev–Trinajstić information content (AvgIpc) is 2.76. The number of nitrogens with two attached hydrogens (primary N) is 1. The van der Waals surface area contributed by atoms with Gasteiger partial charge in [0.05, 0.1) is 18.5 Å². The minimum absolute atomic E-state index is 0.148. The van der Waals surface area contributed by atoms with Gasteiger partial charge in [-0.2, -0.15) is 10.2 Å². The molecular weight excluding hydrogens is 408 g/mol. The first-order valence-corrected chi connectivity index (χ1v) is 10.9. The number of likely N-dealkylation sites (N-methyl/N-ethyl adjacent to an activating group) is 1. The van der Waals surface area contributed by atoms with Crippen molar-refractivity contribution in [2.75, 3.05) is 26.2 Å². The van der Waals surface area contributed by atoms with Crippen LogP contribution >= 0.6 is 0 Å². The lowest BCUT2D eigenvalue weighted by atomic mass is 9.98. The third-order valence-corrected chi connectivity index (χ3v) is 4.67. The monoisotopic (exact) mass is 442 g/mol. The molecule has 2 rings (SSSR count). The van der Waals surface area contributed by atoms with Crippen LogP contribution in [0.2, 0.25) is 0 Å². The summed E-state index contributed by atoms with van der Waals surface area (Å²) in [7, 11) is 0. The number of hydrazone groups is 1. The van der Waals surface area contributed by atoms with Gasteiger partial charge in [-0.1, -0.05) is 32.1 Å². The van der Waals surface area contributed by atoms with E-state index in [1.54, 1.807) is 12.4 Å². The molecule has 9 heteroatoms. The maximum Gasteiger partial charge on any atom is 0.411 e. The molecule has 0 saturated heterocycles. The van der Waals surface area contributed by atoms with E-state index in [4.69, 9.17) is 10.5 Å². The van der Waals surface area contributed by atoms with Gasteiger partial charge in [0.2, 0.25) is 5.43 Å². The number of amides is 1. The Bertz CT molecular complexity index is 945. The zero-order chi connectivity index (χ0) is 23.5. The molecule has 1 aliphatic rings. The van der Waals surface area contributed by atoms with E-state index >= 15 is 0 Å². The molecule has 1 aromatic rings. The molecule has 1 aromatic heterocycles. The Balaban J connectivity index is 2.07. The Hall–Kier alpha value is -3.20. The number of rotatable bonds is 11. The lowest BCUT2D eigenvalue weighted by Crippen LogP contribution is -2.25. The van der Waals surface area contributed by atoms with Crippen LogP contribution < -0.4 is 16.5 Å². The van der Waals surface area contributed by atoms with Gasteiger partial charge in [-0.25, -0.2) is 9.48 Å². The van der Waals surface area contributed by atoms with E-state index < -0.39 is 6.09 Å². The van der Waals surface area contributed by atoms with Gasteiger partial charge in [-0.15, -0.1) is 0 Å². The molecule has 0 aliphatic heterocycles. The number of ether oxygens (including phenoxy) is 1. The molecule has 0 aromatic carbocycles. The standard InChI is InChI=1S/C23H34N6O3/c1-5-28(12-10-24)25-15-18(4)29-11-9-22(30)21(27-29)14-19-7-6-8-20(13-19)26-23(31)32-16-17(2)3/h8-9,11,13,15,17H,4-7,10,12,14,16,24H2,1-3H3,(H,26,31). The van der Waals surface area contributed by atoms with Crippen LogP contribution in [0.15, 0.2) is 52.2 Å². The number of aromatic nitrogens is 2. The largest absolute Gasteiger partial charge is 0.449 e. The van der Waals surface area contributed by atoms with E-state index in [0.717, 1.165) is 25.0 Å². The molecule has 1 heterocycles. The molecule has 0 radical (unpaired) electrons. The van der Waals surface area contributed by atoms with Gasteiger partial charge >= 0.3 is 6.09 Å². The highest BCUT2D eigenvalue weighted by Gasteiger charge is 2.13. The molecule has 9 nitrogen and oxygen atoms in total. The number of hydrogen-bond acceptors (Lipinski definition) is 7. The Morgan fingerprint density at radius 1 is 1.50 bits per heavy atom. The lowest BCUT2D eigenvalue weighted by molar-refractivity contribution is 0.136. The smallest absolute Gasteiger partial charge is 0.411 e.